The fraction of sp³-hybridized carbons (Fsp3) is 0.571. The monoisotopic (exact) mass is 315 g/mol. The SMILES string of the molecule is CCOC(=O)c1cc(NC(=O)C2CCCNC2)cn1C.Cl. The number of aromatic nitrogens is 1. The quantitative estimate of drug-likeness (QED) is 0.827. The van der Waals surface area contributed by atoms with Crippen molar-refractivity contribution in [3.8, 4) is 0 Å². The summed E-state index contributed by atoms with van der Waals surface area (Å²) in [6.45, 7) is 3.78. The minimum absolute atomic E-state index is 0. The summed E-state index contributed by atoms with van der Waals surface area (Å²) >= 11 is 0. The van der Waals surface area contributed by atoms with Crippen LogP contribution in [0.4, 0.5) is 5.69 Å². The van der Waals surface area contributed by atoms with Crippen molar-refractivity contribution in [3.05, 3.63) is 18.0 Å². The Morgan fingerprint density at radius 3 is 2.90 bits per heavy atom. The summed E-state index contributed by atoms with van der Waals surface area (Å²) in [5.74, 6) is -0.386. The number of hydrogen-bond acceptors (Lipinski definition) is 4. The number of amides is 1. The van der Waals surface area contributed by atoms with E-state index >= 15 is 0 Å². The summed E-state index contributed by atoms with van der Waals surface area (Å²) in [6, 6.07) is 1.64. The van der Waals surface area contributed by atoms with Gasteiger partial charge in [-0.3, -0.25) is 4.79 Å². The van der Waals surface area contributed by atoms with Crippen molar-refractivity contribution in [1.29, 1.82) is 0 Å². The Bertz CT molecular complexity index is 496. The molecule has 7 heteroatoms. The van der Waals surface area contributed by atoms with Gasteiger partial charge in [0.15, 0.2) is 0 Å². The highest BCUT2D eigenvalue weighted by Crippen LogP contribution is 2.17. The van der Waals surface area contributed by atoms with Gasteiger partial charge in [-0.2, -0.15) is 0 Å². The van der Waals surface area contributed by atoms with E-state index in [1.165, 1.54) is 0 Å². The number of nitrogens with zero attached hydrogens (tertiary/aromatic N) is 1. The number of nitrogens with one attached hydrogen (secondary N) is 2. The molecule has 2 N–H and O–H groups in total. The molecule has 6 nitrogen and oxygen atoms in total. The fourth-order valence-electron chi connectivity index (χ4n) is 2.36. The summed E-state index contributed by atoms with van der Waals surface area (Å²) in [4.78, 5) is 23.8. The normalized spacial score (nSPS) is 17.7. The number of anilines is 1. The Balaban J connectivity index is 0.00000220. The Morgan fingerprint density at radius 1 is 1.52 bits per heavy atom. The maximum absolute atomic E-state index is 12.1. The zero-order valence-electron chi connectivity index (χ0n) is 12.3. The molecule has 0 spiro atoms. The lowest BCUT2D eigenvalue weighted by molar-refractivity contribution is -0.120. The lowest BCUT2D eigenvalue weighted by Crippen LogP contribution is -2.37. The van der Waals surface area contributed by atoms with Gasteiger partial charge in [-0.15, -0.1) is 12.4 Å². The van der Waals surface area contributed by atoms with E-state index in [0.717, 1.165) is 19.4 Å². The van der Waals surface area contributed by atoms with Gasteiger partial charge in [0.2, 0.25) is 5.91 Å². The highest BCUT2D eigenvalue weighted by molar-refractivity contribution is 5.95. The molecule has 1 amide bonds. The molecule has 0 saturated carbocycles. The minimum Gasteiger partial charge on any atom is -0.461 e. The molecule has 0 radical (unpaired) electrons. The molecule has 1 atom stereocenters. The first kappa shape index (κ1) is 17.5. The number of rotatable bonds is 4. The van der Waals surface area contributed by atoms with E-state index in [1.54, 1.807) is 30.8 Å². The second kappa shape index (κ2) is 8.05. The van der Waals surface area contributed by atoms with Crippen LogP contribution in [0.25, 0.3) is 0 Å². The van der Waals surface area contributed by atoms with E-state index in [1.807, 2.05) is 0 Å². The van der Waals surface area contributed by atoms with Gasteiger partial charge in [0.25, 0.3) is 0 Å². The Labute approximate surface area is 130 Å². The largest absolute Gasteiger partial charge is 0.461 e. The van der Waals surface area contributed by atoms with Crippen molar-refractivity contribution in [2.24, 2.45) is 13.0 Å². The van der Waals surface area contributed by atoms with Gasteiger partial charge in [-0.1, -0.05) is 0 Å². The predicted octanol–water partition coefficient (Wildman–Crippen LogP) is 1.56. The first-order valence-corrected chi connectivity index (χ1v) is 6.97. The van der Waals surface area contributed by atoms with Crippen LogP contribution >= 0.6 is 12.4 Å². The lowest BCUT2D eigenvalue weighted by Gasteiger charge is -2.21. The third-order valence-corrected chi connectivity index (χ3v) is 3.42. The second-order valence-electron chi connectivity index (χ2n) is 4.98. The van der Waals surface area contributed by atoms with Crippen molar-refractivity contribution >= 4 is 30.0 Å². The number of esters is 1. The molecule has 1 aliphatic heterocycles. The van der Waals surface area contributed by atoms with E-state index in [-0.39, 0.29) is 30.2 Å². The molecule has 0 aliphatic carbocycles. The van der Waals surface area contributed by atoms with Crippen LogP contribution in [0.1, 0.15) is 30.3 Å². The van der Waals surface area contributed by atoms with Gasteiger partial charge in [0.05, 0.1) is 18.2 Å². The van der Waals surface area contributed by atoms with Gasteiger partial charge in [-0.25, -0.2) is 4.79 Å². The van der Waals surface area contributed by atoms with Crippen LogP contribution in [0.2, 0.25) is 0 Å². The molecule has 1 fully saturated rings. The van der Waals surface area contributed by atoms with Gasteiger partial charge in [0, 0.05) is 19.8 Å². The van der Waals surface area contributed by atoms with E-state index in [0.29, 0.717) is 24.5 Å². The standard InChI is InChI=1S/C14H21N3O3.ClH/c1-3-20-14(19)12-7-11(9-17(12)2)16-13(18)10-5-4-6-15-8-10;/h7,9-10,15H,3-6,8H2,1-2H3,(H,16,18);1H. The number of hydrogen-bond donors (Lipinski definition) is 2. The number of halogens is 1. The molecule has 2 heterocycles. The molecular weight excluding hydrogens is 294 g/mol. The Morgan fingerprint density at radius 2 is 2.29 bits per heavy atom. The topological polar surface area (TPSA) is 72.4 Å². The molecule has 1 aromatic rings. The van der Waals surface area contributed by atoms with Gasteiger partial charge >= 0.3 is 5.97 Å². The van der Waals surface area contributed by atoms with E-state index in [4.69, 9.17) is 4.74 Å². The number of carbonyl (C=O) groups excluding carboxylic acids is 2. The Kier molecular flexibility index (Phi) is 6.71. The number of piperidine rings is 1. The molecule has 1 saturated heterocycles. The Hall–Kier alpha value is -1.53. The van der Waals surface area contributed by atoms with E-state index in [2.05, 4.69) is 10.6 Å². The maximum Gasteiger partial charge on any atom is 0.355 e. The van der Waals surface area contributed by atoms with Crippen molar-refractivity contribution in [2.45, 2.75) is 19.8 Å². The average molecular weight is 316 g/mol. The minimum atomic E-state index is -0.380. The van der Waals surface area contributed by atoms with Crippen molar-refractivity contribution in [3.63, 3.8) is 0 Å². The first-order valence-electron chi connectivity index (χ1n) is 6.97. The summed E-state index contributed by atoms with van der Waals surface area (Å²) in [5.41, 5.74) is 1.06. The summed E-state index contributed by atoms with van der Waals surface area (Å²) in [6.07, 6.45) is 3.64. The number of aryl methyl sites for hydroxylation is 1. The average Bonchev–Trinajstić information content (AvgIpc) is 2.81. The van der Waals surface area contributed by atoms with Crippen molar-refractivity contribution in [1.82, 2.24) is 9.88 Å². The van der Waals surface area contributed by atoms with E-state index in [9.17, 15) is 9.59 Å². The molecular formula is C14H22ClN3O3. The van der Waals surface area contributed by atoms with Gasteiger partial charge in [-0.05, 0) is 32.4 Å². The smallest absolute Gasteiger partial charge is 0.355 e. The van der Waals surface area contributed by atoms with Crippen molar-refractivity contribution in [2.75, 3.05) is 25.0 Å². The van der Waals surface area contributed by atoms with Gasteiger partial charge in [0.1, 0.15) is 5.69 Å². The molecule has 0 bridgehead atoms. The van der Waals surface area contributed by atoms with Crippen LogP contribution in [0.5, 0.6) is 0 Å². The van der Waals surface area contributed by atoms with Crippen molar-refractivity contribution < 1.29 is 14.3 Å². The number of ether oxygens (including phenoxy) is 1. The number of carbonyl (C=O) groups is 2. The van der Waals surface area contributed by atoms with Crippen LogP contribution in [0, 0.1) is 5.92 Å². The summed E-state index contributed by atoms with van der Waals surface area (Å²) in [5, 5.41) is 6.08. The molecule has 118 valence electrons. The third kappa shape index (κ3) is 4.47. The summed E-state index contributed by atoms with van der Waals surface area (Å²) in [7, 11) is 1.75. The maximum atomic E-state index is 12.1. The van der Waals surface area contributed by atoms with Crippen LogP contribution in [-0.4, -0.2) is 36.1 Å². The molecule has 1 unspecified atom stereocenters. The van der Waals surface area contributed by atoms with Crippen LogP contribution < -0.4 is 10.6 Å². The van der Waals surface area contributed by atoms with Crippen LogP contribution in [-0.2, 0) is 16.6 Å². The third-order valence-electron chi connectivity index (χ3n) is 3.42. The van der Waals surface area contributed by atoms with E-state index < -0.39 is 0 Å². The zero-order valence-corrected chi connectivity index (χ0v) is 13.2. The highest BCUT2D eigenvalue weighted by atomic mass is 35.5. The van der Waals surface area contributed by atoms with Gasteiger partial charge < -0.3 is 19.9 Å². The first-order chi connectivity index (χ1) is 9.61. The molecule has 1 aliphatic rings. The molecule has 0 aromatic carbocycles. The molecule has 2 rings (SSSR count). The van der Waals surface area contributed by atoms with Crippen LogP contribution in [0.3, 0.4) is 0 Å². The highest BCUT2D eigenvalue weighted by Gasteiger charge is 2.22. The zero-order chi connectivity index (χ0) is 14.5. The lowest BCUT2D eigenvalue weighted by atomic mass is 9.99. The fourth-order valence-corrected chi connectivity index (χ4v) is 2.36. The summed E-state index contributed by atoms with van der Waals surface area (Å²) < 4.78 is 6.62. The molecule has 1 aromatic heterocycles. The predicted molar refractivity (Wildman–Crippen MR) is 82.8 cm³/mol. The molecule has 21 heavy (non-hydrogen) atoms. The second-order valence-corrected chi connectivity index (χ2v) is 4.98. The van der Waals surface area contributed by atoms with Crippen LogP contribution in [0.15, 0.2) is 12.3 Å².